The topological polar surface area (TPSA) is 175 Å². The summed E-state index contributed by atoms with van der Waals surface area (Å²) in [5.41, 5.74) is 0. The molecule has 0 aromatic carbocycles. The van der Waals surface area contributed by atoms with Crippen molar-refractivity contribution in [3.8, 4) is 0 Å². The van der Waals surface area contributed by atoms with Gasteiger partial charge in [0.2, 0.25) is 0 Å². The maximum atomic E-state index is 13.1. The fourth-order valence-electron chi connectivity index (χ4n) is 8.02. The molecule has 0 aliphatic carbocycles. The van der Waals surface area contributed by atoms with Gasteiger partial charge in [0.05, 0.1) is 6.61 Å². The third kappa shape index (κ3) is 41.8. The molecule has 1 heterocycles. The molecule has 1 rings (SSSR count). The summed E-state index contributed by atoms with van der Waals surface area (Å²) in [5.74, 6) is -3.24. The summed E-state index contributed by atoms with van der Waals surface area (Å²) < 4.78 is 28.3. The number of aliphatic hydroxyl groups excluding tert-OH is 2. The van der Waals surface area contributed by atoms with E-state index in [4.69, 9.17) is 23.7 Å². The van der Waals surface area contributed by atoms with Gasteiger partial charge in [-0.15, -0.1) is 0 Å². The van der Waals surface area contributed by atoms with E-state index in [0.717, 1.165) is 135 Å². The molecule has 1 saturated heterocycles. The molecule has 1 fully saturated rings. The summed E-state index contributed by atoms with van der Waals surface area (Å²) in [6, 6.07) is 0. The molecule has 0 bridgehead atoms. The molecule has 0 amide bonds. The summed E-state index contributed by atoms with van der Waals surface area (Å²) in [5, 5.41) is 31.5. The van der Waals surface area contributed by atoms with E-state index in [9.17, 15) is 34.5 Å². The maximum Gasteiger partial charge on any atom is 0.335 e. The van der Waals surface area contributed by atoms with Gasteiger partial charge in [-0.25, -0.2) is 4.79 Å². The SMILES string of the molecule is CC/C=C\C/C=C\C/C=C\C/C=C\C/C=C\CCCCCC(=O)OCC(COC1OC(C(=O)O)C(O)C(O)C1OC(=O)CCCCCCC/C=C\C/C=C\CCCCC)OC(=O)CCCCC/C=C\C/C=C\C/C=C\CC. The van der Waals surface area contributed by atoms with Crippen LogP contribution in [0.2, 0.25) is 0 Å². The summed E-state index contributed by atoms with van der Waals surface area (Å²) >= 11 is 0. The van der Waals surface area contributed by atoms with Crippen molar-refractivity contribution in [3.05, 3.63) is 122 Å². The summed E-state index contributed by atoms with van der Waals surface area (Å²) in [6.45, 7) is 5.66. The van der Waals surface area contributed by atoms with Gasteiger partial charge in [0, 0.05) is 19.3 Å². The molecule has 0 saturated carbocycles. The van der Waals surface area contributed by atoms with Gasteiger partial charge in [-0.05, 0) is 128 Å². The number of ether oxygens (including phenoxy) is 5. The van der Waals surface area contributed by atoms with Gasteiger partial charge >= 0.3 is 23.9 Å². The summed E-state index contributed by atoms with van der Waals surface area (Å²) in [7, 11) is 0. The van der Waals surface area contributed by atoms with Gasteiger partial charge in [0.25, 0.3) is 0 Å². The molecule has 0 aromatic heterocycles. The molecule has 434 valence electrons. The molecule has 77 heavy (non-hydrogen) atoms. The van der Waals surface area contributed by atoms with Crippen molar-refractivity contribution in [1.82, 2.24) is 0 Å². The highest BCUT2D eigenvalue weighted by molar-refractivity contribution is 5.74. The Kier molecular flexibility index (Phi) is 47.2. The lowest BCUT2D eigenvalue weighted by atomic mass is 9.98. The second-order valence-corrected chi connectivity index (χ2v) is 19.5. The lowest BCUT2D eigenvalue weighted by molar-refractivity contribution is -0.301. The van der Waals surface area contributed by atoms with Crippen LogP contribution in [0.25, 0.3) is 0 Å². The van der Waals surface area contributed by atoms with Gasteiger partial charge in [0.1, 0.15) is 18.8 Å². The predicted octanol–water partition coefficient (Wildman–Crippen LogP) is 15.2. The molecule has 12 nitrogen and oxygen atoms in total. The Balaban J connectivity index is 2.74. The lowest BCUT2D eigenvalue weighted by Gasteiger charge is -2.40. The monoisotopic (exact) mass is 1070 g/mol. The first-order valence-corrected chi connectivity index (χ1v) is 29.5. The van der Waals surface area contributed by atoms with Gasteiger partial charge in [0.15, 0.2) is 24.6 Å². The standard InChI is InChI=1S/C65H102O12/c1-4-7-10-13-16-19-22-25-27-28-29-30-32-34-36-39-42-45-48-51-57(66)73-54-56(75-58(67)52-49-46-43-40-37-33-24-21-18-15-12-9-6-3)55-74-65-63(61(70)60(69)62(77-65)64(71)72)76-59(68)53-50-47-44-41-38-35-31-26-23-20-17-14-11-8-5-2/h7,9-10,12,16-21,25-27,29-31,33-34,36-37,56,60-63,65,69-70H,4-6,8,11,13-15,22-24,28,32,35,38-55H2,1-3H3,(H,71,72)/b10-7-,12-9-,19-16-,20-17-,21-18-,27-25-,30-29-,31-26-,36-34-,37-33-. The van der Waals surface area contributed by atoms with E-state index in [1.807, 2.05) is 0 Å². The van der Waals surface area contributed by atoms with Crippen molar-refractivity contribution in [2.45, 2.75) is 250 Å². The van der Waals surface area contributed by atoms with E-state index >= 15 is 0 Å². The highest BCUT2D eigenvalue weighted by Gasteiger charge is 2.50. The number of hydrogen-bond donors (Lipinski definition) is 3. The van der Waals surface area contributed by atoms with Crippen LogP contribution in [0.5, 0.6) is 0 Å². The Bertz CT molecular complexity index is 1800. The average molecular weight is 1080 g/mol. The zero-order valence-corrected chi connectivity index (χ0v) is 47.7. The molecular weight excluding hydrogens is 973 g/mol. The minimum absolute atomic E-state index is 0.0310. The Labute approximate surface area is 465 Å². The van der Waals surface area contributed by atoms with Crippen molar-refractivity contribution in [2.24, 2.45) is 0 Å². The number of carbonyl (C=O) groups excluding carboxylic acids is 3. The van der Waals surface area contributed by atoms with Gasteiger partial charge < -0.3 is 39.0 Å². The second kappa shape index (κ2) is 51.9. The van der Waals surface area contributed by atoms with Crippen LogP contribution in [0.15, 0.2) is 122 Å². The van der Waals surface area contributed by atoms with Gasteiger partial charge in [-0.1, -0.05) is 187 Å². The Morgan fingerprint density at radius 2 is 0.818 bits per heavy atom. The molecule has 1 aliphatic heterocycles. The smallest absolute Gasteiger partial charge is 0.335 e. The van der Waals surface area contributed by atoms with Crippen molar-refractivity contribution >= 4 is 23.9 Å². The highest BCUT2D eigenvalue weighted by atomic mass is 16.7. The van der Waals surface area contributed by atoms with Crippen LogP contribution in [0.1, 0.15) is 213 Å². The van der Waals surface area contributed by atoms with Crippen LogP contribution >= 0.6 is 0 Å². The quantitative estimate of drug-likeness (QED) is 0.0228. The molecule has 0 radical (unpaired) electrons. The number of carbonyl (C=O) groups is 4. The highest BCUT2D eigenvalue weighted by Crippen LogP contribution is 2.26. The van der Waals surface area contributed by atoms with Crippen LogP contribution in [0, 0.1) is 0 Å². The van der Waals surface area contributed by atoms with Crippen molar-refractivity contribution in [3.63, 3.8) is 0 Å². The van der Waals surface area contributed by atoms with Crippen LogP contribution in [-0.2, 0) is 42.9 Å². The summed E-state index contributed by atoms with van der Waals surface area (Å²) in [6.07, 6.45) is 58.8. The maximum absolute atomic E-state index is 13.1. The first-order valence-electron chi connectivity index (χ1n) is 29.5. The zero-order chi connectivity index (χ0) is 56.1. The van der Waals surface area contributed by atoms with E-state index in [2.05, 4.69) is 142 Å². The molecular formula is C65H102O12. The lowest BCUT2D eigenvalue weighted by Crippen LogP contribution is -2.61. The number of allylic oxidation sites excluding steroid dienone is 20. The number of aliphatic carboxylic acids is 1. The van der Waals surface area contributed by atoms with Crippen LogP contribution < -0.4 is 0 Å². The third-order valence-electron chi connectivity index (χ3n) is 12.5. The molecule has 1 aliphatic rings. The fourth-order valence-corrected chi connectivity index (χ4v) is 8.02. The predicted molar refractivity (Wildman–Crippen MR) is 312 cm³/mol. The fraction of sp³-hybridized carbons (Fsp3) is 0.631. The normalized spacial score (nSPS) is 18.9. The number of rotatable bonds is 48. The van der Waals surface area contributed by atoms with E-state index in [-0.39, 0.29) is 25.9 Å². The molecule has 0 aromatic rings. The van der Waals surface area contributed by atoms with Crippen molar-refractivity contribution < 1.29 is 58.2 Å². The van der Waals surface area contributed by atoms with Gasteiger partial charge in [-0.3, -0.25) is 14.4 Å². The minimum Gasteiger partial charge on any atom is -0.479 e. The van der Waals surface area contributed by atoms with E-state index in [1.165, 1.54) is 19.3 Å². The molecule has 3 N–H and O–H groups in total. The molecule has 6 atom stereocenters. The molecule has 6 unspecified atom stereocenters. The first-order chi connectivity index (χ1) is 37.6. The number of unbranched alkanes of at least 4 members (excludes halogenated alkanes) is 14. The largest absolute Gasteiger partial charge is 0.479 e. The number of carboxylic acids is 1. The Hall–Kier alpha value is -4.88. The van der Waals surface area contributed by atoms with Crippen LogP contribution in [0.3, 0.4) is 0 Å². The second-order valence-electron chi connectivity index (χ2n) is 19.5. The van der Waals surface area contributed by atoms with Crippen LogP contribution in [0.4, 0.5) is 0 Å². The van der Waals surface area contributed by atoms with Gasteiger partial charge in [-0.2, -0.15) is 0 Å². The number of carboxylic acid groups (broad SMARTS) is 1. The summed E-state index contributed by atoms with van der Waals surface area (Å²) in [4.78, 5) is 51.1. The average Bonchev–Trinajstić information content (AvgIpc) is 3.42. The zero-order valence-electron chi connectivity index (χ0n) is 47.7. The van der Waals surface area contributed by atoms with Crippen molar-refractivity contribution in [1.29, 1.82) is 0 Å². The number of esters is 3. The Morgan fingerprint density at radius 1 is 0.442 bits per heavy atom. The van der Waals surface area contributed by atoms with E-state index in [0.29, 0.717) is 19.3 Å². The molecule has 0 spiro atoms. The Morgan fingerprint density at radius 3 is 1.26 bits per heavy atom. The van der Waals surface area contributed by atoms with Crippen LogP contribution in [-0.4, -0.2) is 89.2 Å². The van der Waals surface area contributed by atoms with E-state index < -0.39 is 67.3 Å². The minimum atomic E-state index is -1.92. The number of aliphatic hydroxyl groups is 2. The van der Waals surface area contributed by atoms with Crippen molar-refractivity contribution in [2.75, 3.05) is 13.2 Å². The first kappa shape index (κ1) is 70.1. The van der Waals surface area contributed by atoms with E-state index in [1.54, 1.807) is 0 Å². The molecule has 12 heteroatoms. The third-order valence-corrected chi connectivity index (χ3v) is 12.5. The number of hydrogen-bond acceptors (Lipinski definition) is 11.